The first kappa shape index (κ1) is 33.6. The van der Waals surface area contributed by atoms with E-state index in [0.717, 1.165) is 17.7 Å². The molecule has 2 amide bonds. The highest BCUT2D eigenvalue weighted by molar-refractivity contribution is 5.97. The van der Waals surface area contributed by atoms with Crippen molar-refractivity contribution in [2.75, 3.05) is 50.8 Å². The van der Waals surface area contributed by atoms with Crippen LogP contribution in [0.1, 0.15) is 51.4 Å². The number of aromatic nitrogens is 1. The first-order valence-corrected chi connectivity index (χ1v) is 15.8. The second-order valence-electron chi connectivity index (χ2n) is 12.7. The number of benzene rings is 1. The molecule has 0 spiro atoms. The maximum atomic E-state index is 14.2. The van der Waals surface area contributed by atoms with Crippen molar-refractivity contribution < 1.29 is 38.1 Å². The van der Waals surface area contributed by atoms with Gasteiger partial charge >= 0.3 is 12.1 Å². The van der Waals surface area contributed by atoms with Gasteiger partial charge < -0.3 is 29.1 Å². The minimum Gasteiger partial charge on any atom is -0.474 e. The predicted octanol–water partition coefficient (Wildman–Crippen LogP) is 3.15. The molecule has 2 saturated heterocycles. The molecule has 1 aromatic carbocycles. The van der Waals surface area contributed by atoms with Gasteiger partial charge in [0, 0.05) is 51.2 Å². The molecule has 250 valence electrons. The van der Waals surface area contributed by atoms with Gasteiger partial charge in [0.25, 0.3) is 0 Å². The van der Waals surface area contributed by atoms with E-state index in [2.05, 4.69) is 16.7 Å². The lowest BCUT2D eigenvalue weighted by molar-refractivity contribution is -0.142. The van der Waals surface area contributed by atoms with E-state index in [1.807, 2.05) is 26.8 Å². The number of pyridine rings is 1. The van der Waals surface area contributed by atoms with Crippen LogP contribution in [-0.2, 0) is 32.1 Å². The fourth-order valence-corrected chi connectivity index (χ4v) is 6.49. The molecule has 1 aromatic heterocycles. The summed E-state index contributed by atoms with van der Waals surface area (Å²) in [6.45, 7) is 12.1. The number of fused-ring (bicyclic) bond motifs is 1. The van der Waals surface area contributed by atoms with E-state index >= 15 is 0 Å². The van der Waals surface area contributed by atoms with Gasteiger partial charge in [-0.2, -0.15) is 0 Å². The molecule has 0 radical (unpaired) electrons. The quantitative estimate of drug-likeness (QED) is 0.430. The van der Waals surface area contributed by atoms with Gasteiger partial charge in [-0.15, -0.1) is 0 Å². The Hall–Kier alpha value is -3.81. The molecule has 5 rings (SSSR count). The first-order chi connectivity index (χ1) is 21.9. The molecule has 0 aliphatic carbocycles. The number of ether oxygens (including phenoxy) is 3. The van der Waals surface area contributed by atoms with Crippen LogP contribution < -0.4 is 9.64 Å². The number of carboxylic acid groups (broad SMARTS) is 1. The van der Waals surface area contributed by atoms with Gasteiger partial charge in [0.2, 0.25) is 11.8 Å². The van der Waals surface area contributed by atoms with Crippen molar-refractivity contribution in [1.29, 1.82) is 0 Å². The molecule has 13 heteroatoms. The normalized spacial score (nSPS) is 25.5. The average Bonchev–Trinajstić information content (AvgIpc) is 3.00. The maximum absolute atomic E-state index is 14.2. The molecule has 4 heterocycles. The highest BCUT2D eigenvalue weighted by Gasteiger charge is 2.40. The van der Waals surface area contributed by atoms with E-state index in [0.29, 0.717) is 44.0 Å². The highest BCUT2D eigenvalue weighted by atomic mass is 19.1. The van der Waals surface area contributed by atoms with Gasteiger partial charge in [-0.05, 0) is 63.4 Å². The Labute approximate surface area is 269 Å². The molecule has 1 unspecified atom stereocenters. The number of amides is 2. The Kier molecular flexibility index (Phi) is 10.4. The molecular weight excluding hydrogens is 597 g/mol. The minimum absolute atomic E-state index is 0.0671. The summed E-state index contributed by atoms with van der Waals surface area (Å²) in [5, 5.41) is 9.91. The Morgan fingerprint density at radius 3 is 2.43 bits per heavy atom. The van der Waals surface area contributed by atoms with Crippen LogP contribution in [0.5, 0.6) is 5.88 Å². The highest BCUT2D eigenvalue weighted by Crippen LogP contribution is 2.36. The maximum Gasteiger partial charge on any atom is 0.407 e. The van der Waals surface area contributed by atoms with Crippen LogP contribution in [0.4, 0.5) is 14.9 Å². The fraction of sp³-hybridized carbons (Fsp3) is 0.576. The molecule has 2 fully saturated rings. The monoisotopic (exact) mass is 641 g/mol. The second kappa shape index (κ2) is 14.3. The van der Waals surface area contributed by atoms with E-state index < -0.39 is 12.1 Å². The van der Waals surface area contributed by atoms with Crippen LogP contribution >= 0.6 is 0 Å². The predicted molar refractivity (Wildman–Crippen MR) is 167 cm³/mol. The van der Waals surface area contributed by atoms with Crippen molar-refractivity contribution in [3.05, 3.63) is 53.0 Å². The summed E-state index contributed by atoms with van der Waals surface area (Å²) in [7, 11) is 0. The van der Waals surface area contributed by atoms with Gasteiger partial charge in [-0.1, -0.05) is 12.1 Å². The number of esters is 1. The summed E-state index contributed by atoms with van der Waals surface area (Å²) < 4.78 is 30.7. The van der Waals surface area contributed by atoms with Crippen LogP contribution in [0.3, 0.4) is 0 Å². The summed E-state index contributed by atoms with van der Waals surface area (Å²) in [6, 6.07) is 7.36. The molecule has 3 aliphatic heterocycles. The third-order valence-electron chi connectivity index (χ3n) is 9.01. The molecule has 46 heavy (non-hydrogen) atoms. The summed E-state index contributed by atoms with van der Waals surface area (Å²) in [6.07, 6.45) is -0.523. The number of hydrogen-bond donors (Lipinski definition) is 1. The lowest BCUT2D eigenvalue weighted by Crippen LogP contribution is -2.64. The zero-order valence-corrected chi connectivity index (χ0v) is 27.1. The van der Waals surface area contributed by atoms with Crippen LogP contribution in [0.2, 0.25) is 0 Å². The SMILES string of the molecule is CC(=O)OCc1nc2c(cc1Cc1ccc(F)cc1)N(C(=O)CN1C[C@@H](C)N(C(=O)O)C[C@@H]1CN1C[C@H](C)OC[C@H]1C)C(C)CO2. The molecule has 0 saturated carbocycles. The number of halogens is 1. The lowest BCUT2D eigenvalue weighted by atomic mass is 10.0. The number of rotatable bonds is 8. The van der Waals surface area contributed by atoms with E-state index in [-0.39, 0.29) is 67.6 Å². The number of anilines is 1. The van der Waals surface area contributed by atoms with Crippen LogP contribution in [0.25, 0.3) is 0 Å². The molecule has 12 nitrogen and oxygen atoms in total. The lowest BCUT2D eigenvalue weighted by Gasteiger charge is -2.47. The number of carbonyl (C=O) groups excluding carboxylic acids is 2. The number of morpholine rings is 1. The summed E-state index contributed by atoms with van der Waals surface area (Å²) >= 11 is 0. The van der Waals surface area contributed by atoms with Crippen molar-refractivity contribution in [3.8, 4) is 5.88 Å². The van der Waals surface area contributed by atoms with Crippen molar-refractivity contribution in [3.63, 3.8) is 0 Å². The molecule has 0 bridgehead atoms. The first-order valence-electron chi connectivity index (χ1n) is 15.8. The number of nitrogens with zero attached hydrogens (tertiary/aromatic N) is 5. The van der Waals surface area contributed by atoms with E-state index in [1.54, 1.807) is 17.0 Å². The van der Waals surface area contributed by atoms with Gasteiger partial charge in [0.15, 0.2) is 0 Å². The van der Waals surface area contributed by atoms with Gasteiger partial charge in [0.1, 0.15) is 24.7 Å². The zero-order chi connectivity index (χ0) is 33.1. The summed E-state index contributed by atoms with van der Waals surface area (Å²) in [5.74, 6) is -0.677. The van der Waals surface area contributed by atoms with Crippen LogP contribution in [-0.4, -0.2) is 119 Å². The molecule has 5 atom stereocenters. The number of piperazine rings is 1. The fourth-order valence-electron chi connectivity index (χ4n) is 6.49. The molecule has 3 aliphatic rings. The van der Waals surface area contributed by atoms with Crippen LogP contribution in [0, 0.1) is 5.82 Å². The van der Waals surface area contributed by atoms with Crippen molar-refractivity contribution in [2.45, 2.75) is 77.9 Å². The third-order valence-corrected chi connectivity index (χ3v) is 9.01. The van der Waals surface area contributed by atoms with E-state index in [4.69, 9.17) is 19.2 Å². The topological polar surface area (TPSA) is 125 Å². The Morgan fingerprint density at radius 2 is 1.74 bits per heavy atom. The van der Waals surface area contributed by atoms with Crippen molar-refractivity contribution in [2.24, 2.45) is 0 Å². The number of carbonyl (C=O) groups is 3. The Balaban J connectivity index is 1.43. The summed E-state index contributed by atoms with van der Waals surface area (Å²) in [4.78, 5) is 50.3. The van der Waals surface area contributed by atoms with Crippen molar-refractivity contribution in [1.82, 2.24) is 19.7 Å². The smallest absolute Gasteiger partial charge is 0.407 e. The molecule has 2 aromatic rings. The van der Waals surface area contributed by atoms with E-state index in [9.17, 15) is 23.9 Å². The minimum atomic E-state index is -0.966. The standard InChI is InChI=1S/C33H44FN5O7/c1-20-12-37(28(15-38(20)33(42)43)14-36-13-23(4)44-17-21(36)2)16-31(41)39-22(3)18-46-32-30(39)11-26(29(35-32)19-45-24(5)40)10-25-6-8-27(34)9-7-25/h6-9,11,20-23,28H,10,12-19H2,1-5H3,(H,42,43)/t20-,21-,22?,23+,28+/m1/s1. The Bertz CT molecular complexity index is 1430. The summed E-state index contributed by atoms with van der Waals surface area (Å²) in [5.41, 5.74) is 2.55. The molecule has 1 N–H and O–H groups in total. The third kappa shape index (κ3) is 7.76. The molecular formula is C33H44FN5O7. The van der Waals surface area contributed by atoms with Gasteiger partial charge in [0.05, 0.1) is 31.0 Å². The van der Waals surface area contributed by atoms with Crippen molar-refractivity contribution >= 4 is 23.7 Å². The van der Waals surface area contributed by atoms with E-state index in [1.165, 1.54) is 24.0 Å². The number of hydrogen-bond acceptors (Lipinski definition) is 9. The van der Waals surface area contributed by atoms with Gasteiger partial charge in [-0.25, -0.2) is 14.2 Å². The van der Waals surface area contributed by atoms with Crippen LogP contribution in [0.15, 0.2) is 30.3 Å². The zero-order valence-electron chi connectivity index (χ0n) is 27.1. The largest absolute Gasteiger partial charge is 0.474 e. The van der Waals surface area contributed by atoms with Gasteiger partial charge in [-0.3, -0.25) is 19.4 Å². The second-order valence-corrected chi connectivity index (χ2v) is 12.7. The Morgan fingerprint density at radius 1 is 1.00 bits per heavy atom. The average molecular weight is 642 g/mol.